The van der Waals surface area contributed by atoms with Crippen LogP contribution in [0.5, 0.6) is 0 Å². The van der Waals surface area contributed by atoms with Crippen LogP contribution in [0.3, 0.4) is 0 Å². The number of amides is 1. The quantitative estimate of drug-likeness (QED) is 0.664. The number of nitrogens with zero attached hydrogens (tertiary/aromatic N) is 3. The summed E-state index contributed by atoms with van der Waals surface area (Å²) in [6, 6.07) is 16.0. The van der Waals surface area contributed by atoms with E-state index in [2.05, 4.69) is 33.2 Å². The number of hydrogen-bond donors (Lipinski definition) is 1. The topological polar surface area (TPSA) is 58.1 Å². The Bertz CT molecular complexity index is 990. The first-order chi connectivity index (χ1) is 14.6. The Kier molecular flexibility index (Phi) is 6.07. The third-order valence-corrected chi connectivity index (χ3v) is 5.70. The molecule has 5 heteroatoms. The van der Waals surface area contributed by atoms with E-state index in [9.17, 15) is 4.79 Å². The fourth-order valence-electron chi connectivity index (χ4n) is 3.73. The highest BCUT2D eigenvalue weighted by molar-refractivity contribution is 5.91. The van der Waals surface area contributed by atoms with E-state index in [1.807, 2.05) is 55.6 Å². The zero-order chi connectivity index (χ0) is 20.9. The minimum atomic E-state index is -0.0652. The number of anilines is 2. The number of aryl methyl sites for hydroxylation is 1. The molecule has 1 amide bonds. The average Bonchev–Trinajstić information content (AvgIpc) is 2.76. The van der Waals surface area contributed by atoms with Gasteiger partial charge >= 0.3 is 0 Å². The van der Waals surface area contributed by atoms with Crippen LogP contribution in [-0.4, -0.2) is 29.0 Å². The molecule has 30 heavy (non-hydrogen) atoms. The van der Waals surface area contributed by atoms with Gasteiger partial charge in [0.05, 0.1) is 6.42 Å². The van der Waals surface area contributed by atoms with Gasteiger partial charge in [-0.15, -0.1) is 0 Å². The van der Waals surface area contributed by atoms with Crippen molar-refractivity contribution >= 4 is 17.5 Å². The van der Waals surface area contributed by atoms with E-state index >= 15 is 0 Å². The number of aromatic nitrogens is 2. The Morgan fingerprint density at radius 3 is 2.50 bits per heavy atom. The first kappa shape index (κ1) is 20.1. The molecule has 1 aliphatic rings. The Morgan fingerprint density at radius 1 is 1.03 bits per heavy atom. The third kappa shape index (κ3) is 5.03. The molecule has 0 saturated carbocycles. The highest BCUT2D eigenvalue weighted by atomic mass is 16.1. The van der Waals surface area contributed by atoms with Gasteiger partial charge in [-0.2, -0.15) is 0 Å². The molecule has 154 valence electrons. The number of nitrogens with one attached hydrogen (secondary N) is 1. The van der Waals surface area contributed by atoms with Crippen LogP contribution < -0.4 is 10.2 Å². The maximum absolute atomic E-state index is 12.3. The molecule has 1 saturated heterocycles. The van der Waals surface area contributed by atoms with Crippen molar-refractivity contribution in [2.24, 2.45) is 5.92 Å². The summed E-state index contributed by atoms with van der Waals surface area (Å²) in [5.41, 5.74) is 4.28. The number of pyridine rings is 2. The lowest BCUT2D eigenvalue weighted by Gasteiger charge is -2.31. The third-order valence-electron chi connectivity index (χ3n) is 5.70. The van der Waals surface area contributed by atoms with Gasteiger partial charge in [-0.25, -0.2) is 9.97 Å². The molecule has 3 aromatic rings. The lowest BCUT2D eigenvalue weighted by molar-refractivity contribution is -0.115. The highest BCUT2D eigenvalue weighted by Crippen LogP contribution is 2.26. The number of hydrogen-bond acceptors (Lipinski definition) is 4. The highest BCUT2D eigenvalue weighted by Gasteiger charge is 2.17. The van der Waals surface area contributed by atoms with Crippen LogP contribution in [0.1, 0.15) is 30.9 Å². The van der Waals surface area contributed by atoms with Crippen LogP contribution in [0.15, 0.2) is 60.9 Å². The molecule has 1 fully saturated rings. The Hall–Kier alpha value is -3.21. The average molecular weight is 401 g/mol. The molecule has 0 unspecified atom stereocenters. The minimum Gasteiger partial charge on any atom is -0.357 e. The first-order valence-corrected chi connectivity index (χ1v) is 10.6. The molecule has 2 aromatic heterocycles. The maximum Gasteiger partial charge on any atom is 0.229 e. The van der Waals surface area contributed by atoms with Crippen molar-refractivity contribution in [3.05, 3.63) is 72.1 Å². The van der Waals surface area contributed by atoms with Crippen molar-refractivity contribution in [3.8, 4) is 11.1 Å². The second-order valence-electron chi connectivity index (χ2n) is 8.21. The molecule has 1 aliphatic heterocycles. The largest absolute Gasteiger partial charge is 0.357 e. The van der Waals surface area contributed by atoms with Gasteiger partial charge in [-0.05, 0) is 61.1 Å². The summed E-state index contributed by atoms with van der Waals surface area (Å²) < 4.78 is 0. The van der Waals surface area contributed by atoms with Gasteiger partial charge in [-0.3, -0.25) is 4.79 Å². The molecule has 3 heterocycles. The van der Waals surface area contributed by atoms with Gasteiger partial charge in [0.2, 0.25) is 5.91 Å². The molecule has 1 N–H and O–H groups in total. The fourth-order valence-corrected chi connectivity index (χ4v) is 3.73. The summed E-state index contributed by atoms with van der Waals surface area (Å²) in [5.74, 6) is 2.32. The van der Waals surface area contributed by atoms with Crippen molar-refractivity contribution < 1.29 is 4.79 Å². The second kappa shape index (κ2) is 9.08. The van der Waals surface area contributed by atoms with Crippen molar-refractivity contribution in [1.29, 1.82) is 0 Å². The van der Waals surface area contributed by atoms with Crippen molar-refractivity contribution in [2.75, 3.05) is 23.3 Å². The monoisotopic (exact) mass is 400 g/mol. The number of piperidine rings is 1. The van der Waals surface area contributed by atoms with E-state index in [0.29, 0.717) is 12.2 Å². The van der Waals surface area contributed by atoms with E-state index in [1.165, 1.54) is 18.4 Å². The summed E-state index contributed by atoms with van der Waals surface area (Å²) in [5, 5.41) is 2.88. The maximum atomic E-state index is 12.3. The molecule has 0 spiro atoms. The fraction of sp³-hybridized carbons (Fsp3) is 0.320. The predicted molar refractivity (Wildman–Crippen MR) is 122 cm³/mol. The van der Waals surface area contributed by atoms with Gasteiger partial charge in [-0.1, -0.05) is 36.8 Å². The lowest BCUT2D eigenvalue weighted by atomic mass is 9.99. The molecule has 5 nitrogen and oxygen atoms in total. The molecule has 4 rings (SSSR count). The first-order valence-electron chi connectivity index (χ1n) is 10.6. The van der Waals surface area contributed by atoms with E-state index in [1.54, 1.807) is 6.20 Å². The van der Waals surface area contributed by atoms with Crippen LogP contribution in [0.4, 0.5) is 11.6 Å². The molecular formula is C25H28N4O. The van der Waals surface area contributed by atoms with Crippen molar-refractivity contribution in [2.45, 2.75) is 33.1 Å². The summed E-state index contributed by atoms with van der Waals surface area (Å²) in [6.07, 6.45) is 6.43. The van der Waals surface area contributed by atoms with E-state index in [4.69, 9.17) is 0 Å². The van der Waals surface area contributed by atoms with Gasteiger partial charge < -0.3 is 10.2 Å². The molecule has 0 atom stereocenters. The molecule has 0 bridgehead atoms. The number of rotatable bonds is 5. The van der Waals surface area contributed by atoms with Crippen LogP contribution in [0, 0.1) is 12.8 Å². The van der Waals surface area contributed by atoms with Gasteiger partial charge in [0.25, 0.3) is 0 Å². The standard InChI is InChI=1S/C25H28N4O/c1-18-3-5-20(6-4-18)15-25(30)28-23-8-7-22(17-27-23)21-9-12-26-24(16-21)29-13-10-19(2)11-14-29/h3-9,12,16-17,19H,10-11,13-15H2,1-2H3,(H,27,28,30). The Morgan fingerprint density at radius 2 is 1.80 bits per heavy atom. The number of carbonyl (C=O) groups excluding carboxylic acids is 1. The molecular weight excluding hydrogens is 372 g/mol. The van der Waals surface area contributed by atoms with Gasteiger partial charge in [0.15, 0.2) is 0 Å². The van der Waals surface area contributed by atoms with Crippen molar-refractivity contribution in [3.63, 3.8) is 0 Å². The normalized spacial score (nSPS) is 14.5. The Balaban J connectivity index is 1.40. The van der Waals surface area contributed by atoms with Crippen LogP contribution >= 0.6 is 0 Å². The molecule has 0 aliphatic carbocycles. The number of benzene rings is 1. The zero-order valence-electron chi connectivity index (χ0n) is 17.6. The second-order valence-corrected chi connectivity index (χ2v) is 8.21. The summed E-state index contributed by atoms with van der Waals surface area (Å²) in [7, 11) is 0. The van der Waals surface area contributed by atoms with E-state index in [-0.39, 0.29) is 5.91 Å². The zero-order valence-corrected chi connectivity index (χ0v) is 17.6. The van der Waals surface area contributed by atoms with Crippen LogP contribution in [0.2, 0.25) is 0 Å². The van der Waals surface area contributed by atoms with Gasteiger partial charge in [0.1, 0.15) is 11.6 Å². The van der Waals surface area contributed by atoms with E-state index < -0.39 is 0 Å². The van der Waals surface area contributed by atoms with Crippen LogP contribution in [-0.2, 0) is 11.2 Å². The summed E-state index contributed by atoms with van der Waals surface area (Å²) in [4.78, 5) is 23.7. The lowest BCUT2D eigenvalue weighted by Crippen LogP contribution is -2.33. The summed E-state index contributed by atoms with van der Waals surface area (Å²) in [6.45, 7) is 6.46. The van der Waals surface area contributed by atoms with Crippen molar-refractivity contribution in [1.82, 2.24) is 9.97 Å². The predicted octanol–water partition coefficient (Wildman–Crippen LogP) is 4.87. The Labute approximate surface area is 178 Å². The SMILES string of the molecule is Cc1ccc(CC(=O)Nc2ccc(-c3ccnc(N4CCC(C)CC4)c3)cn2)cc1. The minimum absolute atomic E-state index is 0.0652. The van der Waals surface area contributed by atoms with Gasteiger partial charge in [0, 0.05) is 31.0 Å². The molecule has 0 radical (unpaired) electrons. The van der Waals surface area contributed by atoms with Crippen LogP contribution in [0.25, 0.3) is 11.1 Å². The number of carbonyl (C=O) groups is 1. The van der Waals surface area contributed by atoms with E-state index in [0.717, 1.165) is 41.5 Å². The smallest absolute Gasteiger partial charge is 0.229 e. The molecule has 1 aromatic carbocycles. The summed E-state index contributed by atoms with van der Waals surface area (Å²) >= 11 is 0.